The first kappa shape index (κ1) is 24.3. The lowest BCUT2D eigenvalue weighted by Gasteiger charge is -2.19. The van der Waals surface area contributed by atoms with Gasteiger partial charge in [-0.25, -0.2) is 0 Å². The van der Waals surface area contributed by atoms with Gasteiger partial charge in [0.2, 0.25) is 5.91 Å². The minimum atomic E-state index is -0.663. The maximum absolute atomic E-state index is 13.1. The van der Waals surface area contributed by atoms with E-state index in [1.807, 2.05) is 18.4 Å². The molecule has 1 aliphatic heterocycles. The average Bonchev–Trinajstić information content (AvgIpc) is 3.10. The molecular formula is C25H28ClN5O2S. The van der Waals surface area contributed by atoms with Crippen molar-refractivity contribution in [3.63, 3.8) is 0 Å². The van der Waals surface area contributed by atoms with Crippen LogP contribution >= 0.6 is 23.4 Å². The number of benzene rings is 2. The number of anilines is 1. The molecule has 3 aromatic rings. The van der Waals surface area contributed by atoms with Gasteiger partial charge in [-0.15, -0.1) is 10.2 Å². The lowest BCUT2D eigenvalue weighted by Crippen LogP contribution is -2.44. The highest BCUT2D eigenvalue weighted by Crippen LogP contribution is 2.31. The van der Waals surface area contributed by atoms with E-state index in [0.717, 1.165) is 42.9 Å². The normalized spacial score (nSPS) is 14.1. The van der Waals surface area contributed by atoms with Gasteiger partial charge in [-0.2, -0.15) is 11.8 Å². The number of carbonyl (C=O) groups excluding carboxylic acids is 2. The highest BCUT2D eigenvalue weighted by molar-refractivity contribution is 7.98. The van der Waals surface area contributed by atoms with Gasteiger partial charge in [0.05, 0.1) is 5.02 Å². The standard InChI is InChI=1S/C25H28ClN5O2S/c1-34-15-13-21(28-24(32)17-8-4-2-5-9-17)25(33)27-18-11-12-20(26)19(16-18)23-30-29-22-10-6-3-7-14-31(22)23/h2,4-5,8-9,11-12,16,21H,3,6-7,10,13-15H2,1H3,(H,27,33)(H,28,32). The fourth-order valence-electron chi connectivity index (χ4n) is 4.02. The molecule has 0 saturated carbocycles. The van der Waals surface area contributed by atoms with Crippen molar-refractivity contribution < 1.29 is 9.59 Å². The van der Waals surface area contributed by atoms with Gasteiger partial charge in [0.15, 0.2) is 5.82 Å². The lowest BCUT2D eigenvalue weighted by atomic mass is 10.1. The largest absolute Gasteiger partial charge is 0.340 e. The summed E-state index contributed by atoms with van der Waals surface area (Å²) < 4.78 is 2.13. The molecule has 0 spiro atoms. The fourth-order valence-corrected chi connectivity index (χ4v) is 4.70. The Labute approximate surface area is 208 Å². The van der Waals surface area contributed by atoms with Crippen LogP contribution in [0.3, 0.4) is 0 Å². The van der Waals surface area contributed by atoms with Crippen molar-refractivity contribution in [1.29, 1.82) is 0 Å². The molecule has 1 aromatic heterocycles. The zero-order chi connectivity index (χ0) is 23.9. The number of carbonyl (C=O) groups is 2. The molecule has 1 aliphatic rings. The molecule has 4 rings (SSSR count). The summed E-state index contributed by atoms with van der Waals surface area (Å²) in [5, 5.41) is 15.1. The number of thioether (sulfide) groups is 1. The van der Waals surface area contributed by atoms with Crippen LogP contribution in [-0.4, -0.2) is 44.6 Å². The molecule has 2 N–H and O–H groups in total. The van der Waals surface area contributed by atoms with E-state index < -0.39 is 6.04 Å². The molecule has 2 amide bonds. The van der Waals surface area contributed by atoms with Crippen molar-refractivity contribution in [2.45, 2.75) is 44.7 Å². The Morgan fingerprint density at radius 3 is 2.74 bits per heavy atom. The van der Waals surface area contributed by atoms with Crippen LogP contribution in [-0.2, 0) is 17.8 Å². The van der Waals surface area contributed by atoms with Gasteiger partial charge in [0, 0.05) is 29.8 Å². The molecular weight excluding hydrogens is 470 g/mol. The van der Waals surface area contributed by atoms with Crippen molar-refractivity contribution in [1.82, 2.24) is 20.1 Å². The quantitative estimate of drug-likeness (QED) is 0.466. The summed E-state index contributed by atoms with van der Waals surface area (Å²) in [6.45, 7) is 0.854. The second kappa shape index (κ2) is 11.5. The number of amides is 2. The molecule has 178 valence electrons. The summed E-state index contributed by atoms with van der Waals surface area (Å²) >= 11 is 8.15. The molecule has 2 heterocycles. The molecule has 1 atom stereocenters. The lowest BCUT2D eigenvalue weighted by molar-refractivity contribution is -0.118. The fraction of sp³-hybridized carbons (Fsp3) is 0.360. The monoisotopic (exact) mass is 497 g/mol. The van der Waals surface area contributed by atoms with Crippen molar-refractivity contribution in [3.05, 3.63) is 64.9 Å². The molecule has 0 bridgehead atoms. The van der Waals surface area contributed by atoms with Gasteiger partial charge in [-0.1, -0.05) is 36.2 Å². The van der Waals surface area contributed by atoms with Crippen molar-refractivity contribution in [2.75, 3.05) is 17.3 Å². The summed E-state index contributed by atoms with van der Waals surface area (Å²) in [6.07, 6.45) is 6.74. The number of halogens is 1. The highest BCUT2D eigenvalue weighted by atomic mass is 35.5. The Morgan fingerprint density at radius 2 is 1.94 bits per heavy atom. The summed E-state index contributed by atoms with van der Waals surface area (Å²) in [5.74, 6) is 1.88. The van der Waals surface area contributed by atoms with Crippen molar-refractivity contribution in [3.8, 4) is 11.4 Å². The van der Waals surface area contributed by atoms with E-state index in [4.69, 9.17) is 11.6 Å². The summed E-state index contributed by atoms with van der Waals surface area (Å²) in [6, 6.07) is 13.6. The van der Waals surface area contributed by atoms with Crippen molar-refractivity contribution >= 4 is 40.9 Å². The molecule has 7 nitrogen and oxygen atoms in total. The van der Waals surface area contributed by atoms with E-state index >= 15 is 0 Å². The van der Waals surface area contributed by atoms with Crippen molar-refractivity contribution in [2.24, 2.45) is 0 Å². The van der Waals surface area contributed by atoms with Crippen LogP contribution in [0.5, 0.6) is 0 Å². The van der Waals surface area contributed by atoms with E-state index in [2.05, 4.69) is 25.4 Å². The van der Waals surface area contributed by atoms with E-state index in [0.29, 0.717) is 28.5 Å². The number of fused-ring (bicyclic) bond motifs is 1. The maximum atomic E-state index is 13.1. The predicted octanol–water partition coefficient (Wildman–Crippen LogP) is 4.82. The Kier molecular flexibility index (Phi) is 8.24. The van der Waals surface area contributed by atoms with Crippen LogP contribution in [0.15, 0.2) is 48.5 Å². The number of aryl methyl sites for hydroxylation is 1. The zero-order valence-electron chi connectivity index (χ0n) is 19.1. The first-order chi connectivity index (χ1) is 16.6. The molecule has 0 radical (unpaired) electrons. The molecule has 2 aromatic carbocycles. The number of hydrogen-bond donors (Lipinski definition) is 2. The molecule has 0 saturated heterocycles. The van der Waals surface area contributed by atoms with Crippen LogP contribution in [0.2, 0.25) is 5.02 Å². The average molecular weight is 498 g/mol. The van der Waals surface area contributed by atoms with E-state index in [1.165, 1.54) is 6.42 Å². The Bertz CT molecular complexity index is 1150. The molecule has 0 aliphatic carbocycles. The van der Waals surface area contributed by atoms with E-state index in [-0.39, 0.29) is 11.8 Å². The number of nitrogens with one attached hydrogen (secondary N) is 2. The van der Waals surface area contributed by atoms with Gasteiger partial charge in [-0.05, 0) is 61.6 Å². The number of rotatable bonds is 8. The van der Waals surface area contributed by atoms with Crippen LogP contribution in [0.4, 0.5) is 5.69 Å². The first-order valence-electron chi connectivity index (χ1n) is 11.4. The number of hydrogen-bond acceptors (Lipinski definition) is 5. The SMILES string of the molecule is CSCCC(NC(=O)c1ccccc1)C(=O)Nc1ccc(Cl)c(-c2nnc3n2CCCCC3)c1. The summed E-state index contributed by atoms with van der Waals surface area (Å²) in [7, 11) is 0. The van der Waals surface area contributed by atoms with Gasteiger partial charge in [0.1, 0.15) is 11.9 Å². The predicted molar refractivity (Wildman–Crippen MR) is 137 cm³/mol. The third-order valence-corrected chi connectivity index (χ3v) is 6.83. The van der Waals surface area contributed by atoms with E-state index in [9.17, 15) is 9.59 Å². The minimum absolute atomic E-state index is 0.272. The smallest absolute Gasteiger partial charge is 0.251 e. The van der Waals surface area contributed by atoms with Gasteiger partial charge >= 0.3 is 0 Å². The number of aromatic nitrogens is 3. The maximum Gasteiger partial charge on any atom is 0.251 e. The topological polar surface area (TPSA) is 88.9 Å². The molecule has 34 heavy (non-hydrogen) atoms. The van der Waals surface area contributed by atoms with Crippen LogP contribution in [0.1, 0.15) is 41.9 Å². The Hall–Kier alpha value is -2.84. The Morgan fingerprint density at radius 1 is 1.12 bits per heavy atom. The number of nitrogens with zero attached hydrogens (tertiary/aromatic N) is 3. The van der Waals surface area contributed by atoms with E-state index in [1.54, 1.807) is 48.2 Å². The third kappa shape index (κ3) is 5.80. The highest BCUT2D eigenvalue weighted by Gasteiger charge is 2.23. The third-order valence-electron chi connectivity index (χ3n) is 5.85. The van der Waals surface area contributed by atoms with Gasteiger partial charge in [0.25, 0.3) is 5.91 Å². The van der Waals surface area contributed by atoms with Gasteiger partial charge < -0.3 is 15.2 Å². The molecule has 0 fully saturated rings. The van der Waals surface area contributed by atoms with Crippen LogP contribution in [0.25, 0.3) is 11.4 Å². The Balaban J connectivity index is 1.53. The first-order valence-corrected chi connectivity index (χ1v) is 13.2. The van der Waals surface area contributed by atoms with Crippen LogP contribution < -0.4 is 10.6 Å². The second-order valence-corrected chi connectivity index (χ2v) is 9.65. The minimum Gasteiger partial charge on any atom is -0.340 e. The molecule has 9 heteroatoms. The summed E-state index contributed by atoms with van der Waals surface area (Å²) in [5.41, 5.74) is 1.85. The second-order valence-electron chi connectivity index (χ2n) is 8.26. The zero-order valence-corrected chi connectivity index (χ0v) is 20.7. The molecule has 1 unspecified atom stereocenters. The van der Waals surface area contributed by atoms with Crippen LogP contribution in [0, 0.1) is 0 Å². The summed E-state index contributed by atoms with van der Waals surface area (Å²) in [4.78, 5) is 25.8. The van der Waals surface area contributed by atoms with Gasteiger partial charge in [-0.3, -0.25) is 9.59 Å².